The van der Waals surface area contributed by atoms with E-state index in [4.69, 9.17) is 4.74 Å². The van der Waals surface area contributed by atoms with Crippen LogP contribution in [0.25, 0.3) is 0 Å². The number of hydrogen-bond acceptors (Lipinski definition) is 3. The lowest BCUT2D eigenvalue weighted by molar-refractivity contribution is -0.123. The highest BCUT2D eigenvalue weighted by Gasteiger charge is 2.19. The second-order valence-corrected chi connectivity index (χ2v) is 6.79. The Morgan fingerprint density at radius 3 is 2.41 bits per heavy atom. The van der Waals surface area contributed by atoms with Gasteiger partial charge in [-0.15, -0.1) is 0 Å². The number of ether oxygens (including phenoxy) is 1. The van der Waals surface area contributed by atoms with E-state index in [0.29, 0.717) is 24.8 Å². The Bertz CT molecular complexity index is 772. The first-order valence-corrected chi connectivity index (χ1v) is 9.22. The average molecular weight is 368 g/mol. The molecule has 0 aliphatic carbocycles. The summed E-state index contributed by atoms with van der Waals surface area (Å²) in [7, 11) is 0. The van der Waals surface area contributed by atoms with Gasteiger partial charge < -0.3 is 15.0 Å². The molecule has 0 aromatic heterocycles. The SMILES string of the molecule is CC(=O)N(CCNC(=O)COc1ccccc1)c1c(C)cccc1C(C)C. The van der Waals surface area contributed by atoms with Crippen molar-refractivity contribution in [3.8, 4) is 5.75 Å². The molecule has 27 heavy (non-hydrogen) atoms. The van der Waals surface area contributed by atoms with Crippen LogP contribution in [0.4, 0.5) is 5.69 Å². The van der Waals surface area contributed by atoms with Crippen molar-refractivity contribution in [3.05, 3.63) is 59.7 Å². The number of anilines is 1. The molecule has 5 nitrogen and oxygen atoms in total. The van der Waals surface area contributed by atoms with Crippen LogP contribution in [-0.4, -0.2) is 31.5 Å². The van der Waals surface area contributed by atoms with E-state index in [1.54, 1.807) is 24.0 Å². The van der Waals surface area contributed by atoms with Gasteiger partial charge in [0.2, 0.25) is 5.91 Å². The molecule has 0 bridgehead atoms. The van der Waals surface area contributed by atoms with Crippen LogP contribution in [0.3, 0.4) is 0 Å². The topological polar surface area (TPSA) is 58.6 Å². The van der Waals surface area contributed by atoms with Gasteiger partial charge in [0.1, 0.15) is 5.75 Å². The number of carbonyl (C=O) groups excluding carboxylic acids is 2. The maximum atomic E-state index is 12.2. The molecule has 0 saturated heterocycles. The second kappa shape index (κ2) is 9.76. The molecule has 0 saturated carbocycles. The highest BCUT2D eigenvalue weighted by atomic mass is 16.5. The molecule has 0 fully saturated rings. The van der Waals surface area contributed by atoms with Crippen LogP contribution >= 0.6 is 0 Å². The van der Waals surface area contributed by atoms with Crippen LogP contribution in [0.2, 0.25) is 0 Å². The van der Waals surface area contributed by atoms with Gasteiger partial charge in [0.25, 0.3) is 5.91 Å². The van der Waals surface area contributed by atoms with Crippen LogP contribution in [0.1, 0.15) is 37.8 Å². The smallest absolute Gasteiger partial charge is 0.258 e. The van der Waals surface area contributed by atoms with Crippen molar-refractivity contribution in [2.45, 2.75) is 33.6 Å². The summed E-state index contributed by atoms with van der Waals surface area (Å²) in [6, 6.07) is 15.3. The van der Waals surface area contributed by atoms with Gasteiger partial charge in [0, 0.05) is 20.0 Å². The number of carbonyl (C=O) groups is 2. The molecule has 0 spiro atoms. The van der Waals surface area contributed by atoms with Gasteiger partial charge >= 0.3 is 0 Å². The third-order valence-corrected chi connectivity index (χ3v) is 4.31. The largest absolute Gasteiger partial charge is 0.484 e. The minimum atomic E-state index is -0.212. The van der Waals surface area contributed by atoms with Crippen LogP contribution < -0.4 is 15.0 Å². The number of nitrogens with zero attached hydrogens (tertiary/aromatic N) is 1. The molecule has 2 rings (SSSR count). The number of nitrogens with one attached hydrogen (secondary N) is 1. The van der Waals surface area contributed by atoms with Gasteiger partial charge in [-0.05, 0) is 36.1 Å². The zero-order chi connectivity index (χ0) is 19.8. The lowest BCUT2D eigenvalue weighted by Crippen LogP contribution is -2.39. The van der Waals surface area contributed by atoms with Crippen molar-refractivity contribution < 1.29 is 14.3 Å². The van der Waals surface area contributed by atoms with Crippen LogP contribution in [0.5, 0.6) is 5.75 Å². The van der Waals surface area contributed by atoms with Gasteiger partial charge in [-0.2, -0.15) is 0 Å². The maximum absolute atomic E-state index is 12.2. The molecule has 5 heteroatoms. The Kier molecular flexibility index (Phi) is 7.41. The summed E-state index contributed by atoms with van der Waals surface area (Å²) in [5, 5.41) is 2.82. The van der Waals surface area contributed by atoms with E-state index < -0.39 is 0 Å². The number of rotatable bonds is 8. The van der Waals surface area contributed by atoms with Crippen LogP contribution in [-0.2, 0) is 9.59 Å². The zero-order valence-corrected chi connectivity index (χ0v) is 16.5. The second-order valence-electron chi connectivity index (χ2n) is 6.79. The fourth-order valence-electron chi connectivity index (χ4n) is 2.97. The molecule has 0 aliphatic rings. The molecule has 2 aromatic rings. The fourth-order valence-corrected chi connectivity index (χ4v) is 2.97. The molecular weight excluding hydrogens is 340 g/mol. The number of aryl methyl sites for hydroxylation is 1. The summed E-state index contributed by atoms with van der Waals surface area (Å²) < 4.78 is 5.43. The van der Waals surface area contributed by atoms with Gasteiger partial charge in [-0.25, -0.2) is 0 Å². The van der Waals surface area contributed by atoms with Crippen molar-refractivity contribution >= 4 is 17.5 Å². The molecule has 0 unspecified atom stereocenters. The minimum absolute atomic E-state index is 0.0408. The van der Waals surface area contributed by atoms with Gasteiger partial charge in [0.05, 0.1) is 5.69 Å². The van der Waals surface area contributed by atoms with Gasteiger partial charge in [-0.3, -0.25) is 9.59 Å². The predicted octanol–water partition coefficient (Wildman–Crippen LogP) is 3.67. The first-order chi connectivity index (χ1) is 12.9. The summed E-state index contributed by atoms with van der Waals surface area (Å²) in [5.74, 6) is 0.701. The maximum Gasteiger partial charge on any atom is 0.258 e. The normalized spacial score (nSPS) is 10.6. The molecule has 0 atom stereocenters. The van der Waals surface area contributed by atoms with Crippen molar-refractivity contribution in [1.82, 2.24) is 5.32 Å². The number of benzene rings is 2. The van der Waals surface area contributed by atoms with E-state index in [9.17, 15) is 9.59 Å². The summed E-state index contributed by atoms with van der Waals surface area (Å²) in [6.45, 7) is 8.50. The number of hydrogen-bond donors (Lipinski definition) is 1. The minimum Gasteiger partial charge on any atom is -0.484 e. The summed E-state index contributed by atoms with van der Waals surface area (Å²) >= 11 is 0. The van der Waals surface area contributed by atoms with Crippen LogP contribution in [0, 0.1) is 6.92 Å². The first kappa shape index (κ1) is 20.5. The van der Waals surface area contributed by atoms with E-state index in [-0.39, 0.29) is 18.4 Å². The van der Waals surface area contributed by atoms with E-state index in [0.717, 1.165) is 16.8 Å². The number of para-hydroxylation sites is 2. The zero-order valence-electron chi connectivity index (χ0n) is 16.5. The third kappa shape index (κ3) is 5.84. The molecule has 1 N–H and O–H groups in total. The van der Waals surface area contributed by atoms with Crippen LogP contribution in [0.15, 0.2) is 48.5 Å². The van der Waals surface area contributed by atoms with Crippen molar-refractivity contribution in [2.75, 3.05) is 24.6 Å². The molecule has 0 radical (unpaired) electrons. The first-order valence-electron chi connectivity index (χ1n) is 9.22. The Morgan fingerprint density at radius 2 is 1.78 bits per heavy atom. The van der Waals surface area contributed by atoms with E-state index in [1.807, 2.05) is 37.3 Å². The van der Waals surface area contributed by atoms with E-state index in [2.05, 4.69) is 25.2 Å². The Labute approximate surface area is 161 Å². The molecule has 0 heterocycles. The lowest BCUT2D eigenvalue weighted by Gasteiger charge is -2.27. The Morgan fingerprint density at radius 1 is 1.07 bits per heavy atom. The highest BCUT2D eigenvalue weighted by molar-refractivity contribution is 5.93. The fraction of sp³-hybridized carbons (Fsp3) is 0.364. The van der Waals surface area contributed by atoms with Gasteiger partial charge in [0.15, 0.2) is 6.61 Å². The number of amides is 2. The monoisotopic (exact) mass is 368 g/mol. The average Bonchev–Trinajstić information content (AvgIpc) is 2.64. The predicted molar refractivity (Wildman–Crippen MR) is 108 cm³/mol. The Balaban J connectivity index is 1.96. The van der Waals surface area contributed by atoms with Crippen molar-refractivity contribution in [2.24, 2.45) is 0 Å². The van der Waals surface area contributed by atoms with E-state index >= 15 is 0 Å². The quantitative estimate of drug-likeness (QED) is 0.773. The lowest BCUT2D eigenvalue weighted by atomic mass is 9.97. The molecule has 144 valence electrons. The standard InChI is InChI=1S/C22H28N2O3/c1-16(2)20-12-8-9-17(3)22(20)24(18(4)25)14-13-23-21(26)15-27-19-10-6-5-7-11-19/h5-12,16H,13-15H2,1-4H3,(H,23,26). The summed E-state index contributed by atoms with van der Waals surface area (Å²) in [4.78, 5) is 26.0. The van der Waals surface area contributed by atoms with Gasteiger partial charge in [-0.1, -0.05) is 50.2 Å². The summed E-state index contributed by atoms with van der Waals surface area (Å²) in [5.41, 5.74) is 3.12. The molecular formula is C22H28N2O3. The molecule has 2 aromatic carbocycles. The van der Waals surface area contributed by atoms with Crippen molar-refractivity contribution in [3.63, 3.8) is 0 Å². The van der Waals surface area contributed by atoms with Crippen molar-refractivity contribution in [1.29, 1.82) is 0 Å². The highest BCUT2D eigenvalue weighted by Crippen LogP contribution is 2.30. The Hall–Kier alpha value is -2.82. The van der Waals surface area contributed by atoms with E-state index in [1.165, 1.54) is 0 Å². The summed E-state index contributed by atoms with van der Waals surface area (Å²) in [6.07, 6.45) is 0. The molecule has 0 aliphatic heterocycles. The third-order valence-electron chi connectivity index (χ3n) is 4.31. The molecule has 2 amide bonds.